The van der Waals surface area contributed by atoms with E-state index in [-0.39, 0.29) is 0 Å². The van der Waals surface area contributed by atoms with E-state index < -0.39 is 0 Å². The highest BCUT2D eigenvalue weighted by Gasteiger charge is 2.01. The highest BCUT2D eigenvalue weighted by atomic mass is 35.5. The van der Waals surface area contributed by atoms with E-state index in [1.165, 1.54) is 0 Å². The van der Waals surface area contributed by atoms with Crippen LogP contribution in [0, 0.1) is 0 Å². The molecule has 3 nitrogen and oxygen atoms in total. The zero-order chi connectivity index (χ0) is 10.7. The third kappa shape index (κ3) is 2.50. The molecular formula is C11H11ClN2O. The maximum Gasteiger partial charge on any atom is 0.138 e. The van der Waals surface area contributed by atoms with Crippen LogP contribution in [0.15, 0.2) is 36.8 Å². The number of nitrogens with zero attached hydrogens (tertiary/aromatic N) is 2. The van der Waals surface area contributed by atoms with E-state index in [2.05, 4.69) is 4.98 Å². The molecule has 0 saturated heterocycles. The van der Waals surface area contributed by atoms with Gasteiger partial charge in [0.1, 0.15) is 12.4 Å². The van der Waals surface area contributed by atoms with E-state index >= 15 is 0 Å². The largest absolute Gasteiger partial charge is 0.486 e. The zero-order valence-corrected chi connectivity index (χ0v) is 9.11. The van der Waals surface area contributed by atoms with Gasteiger partial charge >= 0.3 is 0 Å². The molecule has 1 aromatic heterocycles. The summed E-state index contributed by atoms with van der Waals surface area (Å²) in [5.74, 6) is 0.685. The molecule has 0 N–H and O–H groups in total. The molecule has 0 bridgehead atoms. The standard InChI is InChI=1S/C11H11ClN2O/c1-14-6-9(13-8-14)7-15-11-5-3-2-4-10(11)12/h2-6,8H,7H2,1H3. The Bertz CT molecular complexity index is 453. The number of halogens is 1. The van der Waals surface area contributed by atoms with Gasteiger partial charge in [-0.3, -0.25) is 0 Å². The Morgan fingerprint density at radius 3 is 2.87 bits per heavy atom. The third-order valence-corrected chi connectivity index (χ3v) is 2.28. The summed E-state index contributed by atoms with van der Waals surface area (Å²) in [6.45, 7) is 0.435. The van der Waals surface area contributed by atoms with E-state index in [0.717, 1.165) is 5.69 Å². The predicted molar refractivity (Wildman–Crippen MR) is 59.0 cm³/mol. The maximum absolute atomic E-state index is 5.95. The van der Waals surface area contributed by atoms with Gasteiger partial charge < -0.3 is 9.30 Å². The van der Waals surface area contributed by atoms with Crippen LogP contribution in [0.1, 0.15) is 5.69 Å². The fourth-order valence-corrected chi connectivity index (χ4v) is 1.45. The van der Waals surface area contributed by atoms with Crippen molar-refractivity contribution in [3.05, 3.63) is 47.5 Å². The van der Waals surface area contributed by atoms with Crippen LogP contribution >= 0.6 is 11.6 Å². The van der Waals surface area contributed by atoms with Gasteiger partial charge in [-0.25, -0.2) is 4.98 Å². The number of benzene rings is 1. The van der Waals surface area contributed by atoms with Crippen molar-refractivity contribution in [2.45, 2.75) is 6.61 Å². The Morgan fingerprint density at radius 1 is 1.40 bits per heavy atom. The quantitative estimate of drug-likeness (QED) is 0.799. The van der Waals surface area contributed by atoms with Crippen molar-refractivity contribution in [2.75, 3.05) is 0 Å². The molecule has 0 saturated carbocycles. The Labute approximate surface area is 93.3 Å². The Morgan fingerprint density at radius 2 is 2.20 bits per heavy atom. The summed E-state index contributed by atoms with van der Waals surface area (Å²) in [6.07, 6.45) is 3.65. The second-order valence-corrected chi connectivity index (χ2v) is 3.66. The van der Waals surface area contributed by atoms with Gasteiger partial charge in [0, 0.05) is 13.2 Å². The smallest absolute Gasteiger partial charge is 0.138 e. The van der Waals surface area contributed by atoms with Crippen LogP contribution in [0.5, 0.6) is 5.75 Å². The van der Waals surface area contributed by atoms with Gasteiger partial charge in [0.05, 0.1) is 17.0 Å². The minimum absolute atomic E-state index is 0.435. The van der Waals surface area contributed by atoms with Crippen LogP contribution in [0.4, 0.5) is 0 Å². The molecule has 0 unspecified atom stereocenters. The second-order valence-electron chi connectivity index (χ2n) is 3.25. The predicted octanol–water partition coefficient (Wildman–Crippen LogP) is 2.65. The van der Waals surface area contributed by atoms with Crippen molar-refractivity contribution in [1.29, 1.82) is 0 Å². The lowest BCUT2D eigenvalue weighted by molar-refractivity contribution is 0.302. The lowest BCUT2D eigenvalue weighted by atomic mass is 10.3. The first-order valence-corrected chi connectivity index (χ1v) is 4.97. The van der Waals surface area contributed by atoms with Gasteiger partial charge in [-0.05, 0) is 12.1 Å². The second kappa shape index (κ2) is 4.36. The van der Waals surface area contributed by atoms with Crippen molar-refractivity contribution in [2.24, 2.45) is 7.05 Å². The molecule has 78 valence electrons. The van der Waals surface area contributed by atoms with E-state index in [9.17, 15) is 0 Å². The summed E-state index contributed by atoms with van der Waals surface area (Å²) < 4.78 is 7.41. The molecule has 0 aliphatic carbocycles. The molecule has 2 aromatic rings. The average Bonchev–Trinajstić information content (AvgIpc) is 2.63. The highest BCUT2D eigenvalue weighted by Crippen LogP contribution is 2.23. The number of imidazole rings is 1. The molecule has 2 rings (SSSR count). The Kier molecular flexibility index (Phi) is 2.92. The number of hydrogen-bond donors (Lipinski definition) is 0. The number of aromatic nitrogens is 2. The van der Waals surface area contributed by atoms with Gasteiger partial charge in [-0.1, -0.05) is 23.7 Å². The first-order valence-electron chi connectivity index (χ1n) is 4.60. The van der Waals surface area contributed by atoms with Crippen LogP contribution in [0.3, 0.4) is 0 Å². The van der Waals surface area contributed by atoms with Gasteiger partial charge in [0.15, 0.2) is 0 Å². The van der Waals surface area contributed by atoms with Gasteiger partial charge in [-0.2, -0.15) is 0 Å². The fraction of sp³-hybridized carbons (Fsp3) is 0.182. The molecule has 0 fully saturated rings. The van der Waals surface area contributed by atoms with Crippen molar-refractivity contribution >= 4 is 11.6 Å². The number of aryl methyl sites for hydroxylation is 1. The van der Waals surface area contributed by atoms with Gasteiger partial charge in [0.2, 0.25) is 0 Å². The van der Waals surface area contributed by atoms with Gasteiger partial charge in [-0.15, -0.1) is 0 Å². The Hall–Kier alpha value is -1.48. The number of para-hydroxylation sites is 1. The topological polar surface area (TPSA) is 27.1 Å². The summed E-state index contributed by atoms with van der Waals surface area (Å²) in [5, 5.41) is 0.619. The van der Waals surface area contributed by atoms with Gasteiger partial charge in [0.25, 0.3) is 0 Å². The van der Waals surface area contributed by atoms with Crippen molar-refractivity contribution in [3.63, 3.8) is 0 Å². The average molecular weight is 223 g/mol. The summed E-state index contributed by atoms with van der Waals surface area (Å²) in [4.78, 5) is 4.16. The first-order chi connectivity index (χ1) is 7.25. The summed E-state index contributed by atoms with van der Waals surface area (Å²) in [7, 11) is 1.92. The van der Waals surface area contributed by atoms with Crippen LogP contribution in [-0.4, -0.2) is 9.55 Å². The van der Waals surface area contributed by atoms with Crippen LogP contribution in [0.25, 0.3) is 0 Å². The maximum atomic E-state index is 5.95. The summed E-state index contributed by atoms with van der Waals surface area (Å²) >= 11 is 5.95. The van der Waals surface area contributed by atoms with E-state index in [4.69, 9.17) is 16.3 Å². The van der Waals surface area contributed by atoms with Crippen molar-refractivity contribution in [1.82, 2.24) is 9.55 Å². The SMILES string of the molecule is Cn1cnc(COc2ccccc2Cl)c1. The van der Waals surface area contributed by atoms with E-state index in [0.29, 0.717) is 17.4 Å². The molecule has 0 radical (unpaired) electrons. The fourth-order valence-electron chi connectivity index (χ4n) is 1.25. The molecule has 0 aliphatic rings. The van der Waals surface area contributed by atoms with Crippen molar-refractivity contribution in [3.8, 4) is 5.75 Å². The first kappa shape index (κ1) is 10.1. The molecule has 15 heavy (non-hydrogen) atoms. The van der Waals surface area contributed by atoms with Crippen molar-refractivity contribution < 1.29 is 4.74 Å². The number of rotatable bonds is 3. The minimum Gasteiger partial charge on any atom is -0.486 e. The molecule has 1 heterocycles. The monoisotopic (exact) mass is 222 g/mol. The zero-order valence-electron chi connectivity index (χ0n) is 8.35. The normalized spacial score (nSPS) is 10.3. The highest BCUT2D eigenvalue weighted by molar-refractivity contribution is 6.32. The van der Waals surface area contributed by atoms with E-state index in [1.54, 1.807) is 12.4 Å². The minimum atomic E-state index is 0.435. The molecule has 0 atom stereocenters. The molecule has 0 aliphatic heterocycles. The number of hydrogen-bond acceptors (Lipinski definition) is 2. The van der Waals surface area contributed by atoms with E-state index in [1.807, 2.05) is 36.0 Å². The van der Waals surface area contributed by atoms with Crippen LogP contribution in [-0.2, 0) is 13.7 Å². The van der Waals surface area contributed by atoms with Crippen LogP contribution in [0.2, 0.25) is 5.02 Å². The molecule has 1 aromatic carbocycles. The molecule has 4 heteroatoms. The third-order valence-electron chi connectivity index (χ3n) is 1.97. The summed E-state index contributed by atoms with van der Waals surface area (Å²) in [6, 6.07) is 7.40. The Balaban J connectivity index is 2.02. The lowest BCUT2D eigenvalue weighted by Gasteiger charge is -2.05. The molecule has 0 amide bonds. The van der Waals surface area contributed by atoms with Crippen LogP contribution < -0.4 is 4.74 Å². The molecule has 0 spiro atoms. The molecular weight excluding hydrogens is 212 g/mol. The number of ether oxygens (including phenoxy) is 1. The lowest BCUT2D eigenvalue weighted by Crippen LogP contribution is -1.95. The summed E-state index contributed by atoms with van der Waals surface area (Å²) in [5.41, 5.74) is 0.886.